The molecule has 1 aliphatic heterocycles. The lowest BCUT2D eigenvalue weighted by molar-refractivity contribution is -0.142. The maximum atomic E-state index is 11.7. The Labute approximate surface area is 106 Å². The van der Waals surface area contributed by atoms with Crippen LogP contribution in [0.2, 0.25) is 0 Å². The molecule has 17 heavy (non-hydrogen) atoms. The Morgan fingerprint density at radius 1 is 1.53 bits per heavy atom. The van der Waals surface area contributed by atoms with Crippen LogP contribution in [0, 0.1) is 5.92 Å². The number of hydrogen-bond acceptors (Lipinski definition) is 4. The van der Waals surface area contributed by atoms with Gasteiger partial charge in [0.1, 0.15) is 5.54 Å². The Balaban J connectivity index is 2.70. The van der Waals surface area contributed by atoms with E-state index in [1.807, 2.05) is 13.8 Å². The SMILES string of the molecule is CC(C)CNS(=O)(=O)NC1(C(=O)O)CCSC1. The number of nitrogens with one attached hydrogen (secondary N) is 2. The van der Waals surface area contributed by atoms with Crippen molar-refractivity contribution in [2.45, 2.75) is 25.8 Å². The van der Waals surface area contributed by atoms with Gasteiger partial charge in [-0.05, 0) is 18.1 Å². The van der Waals surface area contributed by atoms with Crippen molar-refractivity contribution in [3.05, 3.63) is 0 Å². The number of carboxylic acids is 1. The third kappa shape index (κ3) is 4.13. The molecule has 3 N–H and O–H groups in total. The number of thioether (sulfide) groups is 1. The van der Waals surface area contributed by atoms with Crippen molar-refractivity contribution in [1.82, 2.24) is 9.44 Å². The molecule has 1 atom stereocenters. The van der Waals surface area contributed by atoms with Crippen molar-refractivity contribution < 1.29 is 18.3 Å². The molecule has 1 unspecified atom stereocenters. The van der Waals surface area contributed by atoms with Crippen molar-refractivity contribution in [2.24, 2.45) is 5.92 Å². The minimum Gasteiger partial charge on any atom is -0.480 e. The zero-order valence-corrected chi connectivity index (χ0v) is 11.5. The molecule has 1 aliphatic rings. The predicted octanol–water partition coefficient (Wildman–Crippen LogP) is 0.0267. The number of aliphatic carboxylic acids is 1. The summed E-state index contributed by atoms with van der Waals surface area (Å²) < 4.78 is 28.0. The van der Waals surface area contributed by atoms with E-state index in [9.17, 15) is 13.2 Å². The quantitative estimate of drug-likeness (QED) is 0.638. The topological polar surface area (TPSA) is 95.5 Å². The summed E-state index contributed by atoms with van der Waals surface area (Å²) in [6.45, 7) is 4.04. The molecular formula is C9H18N2O4S2. The van der Waals surface area contributed by atoms with E-state index in [2.05, 4.69) is 9.44 Å². The first-order chi connectivity index (χ1) is 7.77. The maximum Gasteiger partial charge on any atom is 0.325 e. The lowest BCUT2D eigenvalue weighted by Crippen LogP contribution is -2.57. The van der Waals surface area contributed by atoms with Gasteiger partial charge in [-0.25, -0.2) is 4.72 Å². The molecule has 0 aliphatic carbocycles. The minimum atomic E-state index is -3.76. The van der Waals surface area contributed by atoms with Crippen LogP contribution in [0.5, 0.6) is 0 Å². The zero-order chi connectivity index (χ0) is 13.1. The van der Waals surface area contributed by atoms with Crippen molar-refractivity contribution in [1.29, 1.82) is 0 Å². The van der Waals surface area contributed by atoms with Gasteiger partial charge in [-0.2, -0.15) is 24.9 Å². The molecule has 100 valence electrons. The van der Waals surface area contributed by atoms with Crippen LogP contribution in [-0.2, 0) is 15.0 Å². The van der Waals surface area contributed by atoms with Gasteiger partial charge in [0.05, 0.1) is 0 Å². The largest absolute Gasteiger partial charge is 0.480 e. The van der Waals surface area contributed by atoms with Gasteiger partial charge in [0.25, 0.3) is 10.2 Å². The Hall–Kier alpha value is -0.310. The highest BCUT2D eigenvalue weighted by Crippen LogP contribution is 2.28. The van der Waals surface area contributed by atoms with Gasteiger partial charge in [-0.3, -0.25) is 4.79 Å². The van der Waals surface area contributed by atoms with Gasteiger partial charge in [0.2, 0.25) is 0 Å². The lowest BCUT2D eigenvalue weighted by atomic mass is 10.0. The first-order valence-electron chi connectivity index (χ1n) is 5.37. The molecule has 0 amide bonds. The normalized spacial score (nSPS) is 25.4. The van der Waals surface area contributed by atoms with Gasteiger partial charge in [0, 0.05) is 12.3 Å². The number of rotatable bonds is 6. The van der Waals surface area contributed by atoms with Gasteiger partial charge in [-0.15, -0.1) is 0 Å². The lowest BCUT2D eigenvalue weighted by Gasteiger charge is -2.24. The van der Waals surface area contributed by atoms with E-state index >= 15 is 0 Å². The van der Waals surface area contributed by atoms with Gasteiger partial charge in [-0.1, -0.05) is 13.8 Å². The molecule has 0 aromatic heterocycles. The number of carboxylic acid groups (broad SMARTS) is 1. The molecule has 0 aromatic rings. The van der Waals surface area contributed by atoms with Crippen LogP contribution < -0.4 is 9.44 Å². The average Bonchev–Trinajstić information content (AvgIpc) is 2.64. The third-order valence-electron chi connectivity index (χ3n) is 2.44. The molecule has 1 fully saturated rings. The molecule has 0 aromatic carbocycles. The highest BCUT2D eigenvalue weighted by molar-refractivity contribution is 7.99. The molecule has 1 rings (SSSR count). The van der Waals surface area contributed by atoms with E-state index < -0.39 is 21.7 Å². The van der Waals surface area contributed by atoms with E-state index in [1.54, 1.807) is 0 Å². The van der Waals surface area contributed by atoms with Crippen molar-refractivity contribution in [2.75, 3.05) is 18.1 Å². The van der Waals surface area contributed by atoms with Crippen LogP contribution in [0.3, 0.4) is 0 Å². The molecule has 8 heteroatoms. The smallest absolute Gasteiger partial charge is 0.325 e. The molecule has 0 radical (unpaired) electrons. The molecule has 1 heterocycles. The van der Waals surface area contributed by atoms with Crippen LogP contribution in [0.4, 0.5) is 0 Å². The number of carbonyl (C=O) groups is 1. The average molecular weight is 282 g/mol. The zero-order valence-electron chi connectivity index (χ0n) is 9.89. The Bertz CT molecular complexity index is 374. The molecule has 0 spiro atoms. The molecule has 1 saturated heterocycles. The van der Waals surface area contributed by atoms with Crippen LogP contribution in [0.1, 0.15) is 20.3 Å². The fourth-order valence-corrected chi connectivity index (χ4v) is 4.25. The van der Waals surface area contributed by atoms with Gasteiger partial charge in [0.15, 0.2) is 0 Å². The fraction of sp³-hybridized carbons (Fsp3) is 0.889. The summed E-state index contributed by atoms with van der Waals surface area (Å²) in [4.78, 5) is 11.2. The second kappa shape index (κ2) is 5.55. The van der Waals surface area contributed by atoms with E-state index in [0.29, 0.717) is 12.2 Å². The number of hydrogen-bond donors (Lipinski definition) is 3. The predicted molar refractivity (Wildman–Crippen MR) is 67.2 cm³/mol. The van der Waals surface area contributed by atoms with E-state index in [-0.39, 0.29) is 18.2 Å². The molecule has 0 saturated carbocycles. The molecule has 6 nitrogen and oxygen atoms in total. The van der Waals surface area contributed by atoms with Crippen LogP contribution in [0.15, 0.2) is 0 Å². The summed E-state index contributed by atoms with van der Waals surface area (Å²) in [5.41, 5.74) is -1.35. The monoisotopic (exact) mass is 282 g/mol. The maximum absolute atomic E-state index is 11.7. The van der Waals surface area contributed by atoms with E-state index in [0.717, 1.165) is 0 Å². The van der Waals surface area contributed by atoms with E-state index in [4.69, 9.17) is 5.11 Å². The van der Waals surface area contributed by atoms with Crippen LogP contribution >= 0.6 is 11.8 Å². The van der Waals surface area contributed by atoms with Crippen molar-refractivity contribution in [3.63, 3.8) is 0 Å². The Kier molecular flexibility index (Phi) is 4.82. The van der Waals surface area contributed by atoms with E-state index in [1.165, 1.54) is 11.8 Å². The summed E-state index contributed by atoms with van der Waals surface area (Å²) in [6.07, 6.45) is 0.315. The first-order valence-corrected chi connectivity index (χ1v) is 8.01. The Morgan fingerprint density at radius 3 is 2.59 bits per heavy atom. The molecule has 0 bridgehead atoms. The summed E-state index contributed by atoms with van der Waals surface area (Å²) in [5.74, 6) is -0.0214. The summed E-state index contributed by atoms with van der Waals surface area (Å²) >= 11 is 1.44. The van der Waals surface area contributed by atoms with Crippen LogP contribution in [0.25, 0.3) is 0 Å². The van der Waals surface area contributed by atoms with Crippen molar-refractivity contribution in [3.8, 4) is 0 Å². The summed E-state index contributed by atoms with van der Waals surface area (Å²) in [7, 11) is -3.76. The minimum absolute atomic E-state index is 0.172. The van der Waals surface area contributed by atoms with Gasteiger partial charge < -0.3 is 5.11 Å². The molecular weight excluding hydrogens is 264 g/mol. The fourth-order valence-electron chi connectivity index (χ4n) is 1.43. The first kappa shape index (κ1) is 14.7. The summed E-state index contributed by atoms with van der Waals surface area (Å²) in [6, 6.07) is 0. The second-order valence-corrected chi connectivity index (χ2v) is 7.14. The van der Waals surface area contributed by atoms with Gasteiger partial charge >= 0.3 is 5.97 Å². The summed E-state index contributed by atoms with van der Waals surface area (Å²) in [5, 5.41) is 9.14. The van der Waals surface area contributed by atoms with Crippen molar-refractivity contribution >= 4 is 27.9 Å². The van der Waals surface area contributed by atoms with Crippen LogP contribution in [-0.4, -0.2) is 43.1 Å². The second-order valence-electron chi connectivity index (χ2n) is 4.54. The Morgan fingerprint density at radius 2 is 2.18 bits per heavy atom. The standard InChI is InChI=1S/C9H18N2O4S2/c1-7(2)5-10-17(14,15)11-9(8(12)13)3-4-16-6-9/h7,10-11H,3-6H2,1-2H3,(H,12,13). The highest BCUT2D eigenvalue weighted by Gasteiger charge is 2.45. The highest BCUT2D eigenvalue weighted by atomic mass is 32.2. The third-order valence-corrected chi connectivity index (χ3v) is 4.84.